The molecule has 1 aromatic heterocycles. The van der Waals surface area contributed by atoms with E-state index in [9.17, 15) is 0 Å². The Kier molecular flexibility index (Phi) is 3.86. The standard InChI is InChI=1S/C20H21ClN2/c1-2-3-4-7-13-23-17-12-8-11-16-19(17)18(20(23)21)14-9-5-6-10-15(14)22-16/h5-6,8-12,20H,2-4,7,13H2,1H3. The number of unbranched alkanes of at least 4 members (excludes halogenated alkanes) is 3. The maximum atomic E-state index is 6.90. The topological polar surface area (TPSA) is 16.1 Å². The van der Waals surface area contributed by atoms with Gasteiger partial charge in [0.1, 0.15) is 5.50 Å². The van der Waals surface area contributed by atoms with Crippen LogP contribution in [0.5, 0.6) is 0 Å². The van der Waals surface area contributed by atoms with Gasteiger partial charge < -0.3 is 4.90 Å². The number of pyridine rings is 1. The minimum atomic E-state index is -0.0931. The summed E-state index contributed by atoms with van der Waals surface area (Å²) in [5, 5.41) is 2.42. The van der Waals surface area contributed by atoms with Crippen molar-refractivity contribution in [2.45, 2.75) is 38.1 Å². The van der Waals surface area contributed by atoms with Gasteiger partial charge in [-0.15, -0.1) is 0 Å². The van der Waals surface area contributed by atoms with Gasteiger partial charge in [0.05, 0.1) is 11.0 Å². The Morgan fingerprint density at radius 1 is 1.00 bits per heavy atom. The predicted octanol–water partition coefficient (Wildman–Crippen LogP) is 6.03. The van der Waals surface area contributed by atoms with Gasteiger partial charge in [0, 0.05) is 28.6 Å². The van der Waals surface area contributed by atoms with Crippen molar-refractivity contribution in [3.05, 3.63) is 48.0 Å². The predicted molar refractivity (Wildman–Crippen MR) is 99.3 cm³/mol. The molecule has 3 heteroatoms. The molecule has 0 radical (unpaired) electrons. The second kappa shape index (κ2) is 6.01. The zero-order valence-corrected chi connectivity index (χ0v) is 14.2. The molecule has 2 heterocycles. The van der Waals surface area contributed by atoms with Crippen molar-refractivity contribution < 1.29 is 0 Å². The van der Waals surface area contributed by atoms with Crippen LogP contribution in [-0.4, -0.2) is 11.5 Å². The first-order chi connectivity index (χ1) is 11.3. The quantitative estimate of drug-likeness (QED) is 0.247. The summed E-state index contributed by atoms with van der Waals surface area (Å²) in [5.41, 5.74) is 4.47. The molecule has 2 aromatic carbocycles. The van der Waals surface area contributed by atoms with Gasteiger partial charge in [-0.2, -0.15) is 0 Å². The molecule has 0 aliphatic carbocycles. The minimum absolute atomic E-state index is 0.0931. The second-order valence-corrected chi connectivity index (χ2v) is 6.72. The van der Waals surface area contributed by atoms with E-state index >= 15 is 0 Å². The average molecular weight is 325 g/mol. The monoisotopic (exact) mass is 324 g/mol. The Morgan fingerprint density at radius 3 is 2.70 bits per heavy atom. The van der Waals surface area contributed by atoms with Crippen LogP contribution in [0.15, 0.2) is 42.5 Å². The maximum absolute atomic E-state index is 6.90. The zero-order valence-electron chi connectivity index (χ0n) is 13.4. The number of nitrogens with zero attached hydrogens (tertiary/aromatic N) is 2. The fourth-order valence-electron chi connectivity index (χ4n) is 3.67. The summed E-state index contributed by atoms with van der Waals surface area (Å²) in [6.07, 6.45) is 5.01. The van der Waals surface area contributed by atoms with E-state index in [2.05, 4.69) is 48.2 Å². The van der Waals surface area contributed by atoms with E-state index in [1.165, 1.54) is 47.7 Å². The van der Waals surface area contributed by atoms with Crippen molar-refractivity contribution in [3.63, 3.8) is 0 Å². The SMILES string of the molecule is CCCCCCN1c2cccc3nc4ccccc4c(c23)C1Cl. The summed E-state index contributed by atoms with van der Waals surface area (Å²) >= 11 is 6.90. The Labute approximate surface area is 142 Å². The molecular weight excluding hydrogens is 304 g/mol. The van der Waals surface area contributed by atoms with Gasteiger partial charge in [0.15, 0.2) is 0 Å². The fraction of sp³-hybridized carbons (Fsp3) is 0.350. The van der Waals surface area contributed by atoms with E-state index in [1.54, 1.807) is 0 Å². The maximum Gasteiger partial charge on any atom is 0.131 e. The first-order valence-corrected chi connectivity index (χ1v) is 8.97. The largest absolute Gasteiger partial charge is 0.351 e. The van der Waals surface area contributed by atoms with E-state index in [1.807, 2.05) is 6.07 Å². The van der Waals surface area contributed by atoms with Gasteiger partial charge >= 0.3 is 0 Å². The van der Waals surface area contributed by atoms with Crippen molar-refractivity contribution >= 4 is 39.1 Å². The molecule has 118 valence electrons. The van der Waals surface area contributed by atoms with Crippen molar-refractivity contribution in [1.82, 2.24) is 4.98 Å². The molecule has 1 atom stereocenters. The third kappa shape index (κ3) is 2.36. The van der Waals surface area contributed by atoms with Gasteiger partial charge in [0.2, 0.25) is 0 Å². The number of hydrogen-bond acceptors (Lipinski definition) is 2. The van der Waals surface area contributed by atoms with Crippen molar-refractivity contribution in [1.29, 1.82) is 0 Å². The number of halogens is 1. The molecule has 0 N–H and O–H groups in total. The Balaban J connectivity index is 1.81. The van der Waals surface area contributed by atoms with E-state index in [-0.39, 0.29) is 5.50 Å². The molecule has 0 bridgehead atoms. The van der Waals surface area contributed by atoms with E-state index in [0.717, 1.165) is 17.6 Å². The van der Waals surface area contributed by atoms with Crippen LogP contribution in [-0.2, 0) is 0 Å². The number of aromatic nitrogens is 1. The Hall–Kier alpha value is -1.80. The third-order valence-electron chi connectivity index (χ3n) is 4.80. The average Bonchev–Trinajstić information content (AvgIpc) is 2.86. The minimum Gasteiger partial charge on any atom is -0.351 e. The molecule has 1 aliphatic heterocycles. The highest BCUT2D eigenvalue weighted by atomic mass is 35.5. The van der Waals surface area contributed by atoms with Crippen molar-refractivity contribution in [3.8, 4) is 0 Å². The highest BCUT2D eigenvalue weighted by Crippen LogP contribution is 2.48. The number of benzene rings is 2. The molecule has 4 rings (SSSR count). The lowest BCUT2D eigenvalue weighted by Crippen LogP contribution is -2.22. The Bertz CT molecular complexity index is 859. The molecule has 0 saturated heterocycles. The number of hydrogen-bond donors (Lipinski definition) is 0. The molecular formula is C20H21ClN2. The highest BCUT2D eigenvalue weighted by Gasteiger charge is 2.31. The van der Waals surface area contributed by atoms with Crippen molar-refractivity contribution in [2.24, 2.45) is 0 Å². The van der Waals surface area contributed by atoms with Gasteiger partial charge in [-0.1, -0.05) is 62.1 Å². The summed E-state index contributed by atoms with van der Waals surface area (Å²) in [6.45, 7) is 3.25. The normalized spacial score (nSPS) is 16.6. The van der Waals surface area contributed by atoms with Crippen LogP contribution in [0.1, 0.15) is 43.7 Å². The molecule has 2 nitrogen and oxygen atoms in total. The van der Waals surface area contributed by atoms with Crippen LogP contribution < -0.4 is 4.90 Å². The third-order valence-corrected chi connectivity index (χ3v) is 5.25. The van der Waals surface area contributed by atoms with E-state index in [0.29, 0.717) is 0 Å². The molecule has 1 unspecified atom stereocenters. The van der Waals surface area contributed by atoms with Gasteiger partial charge in [-0.3, -0.25) is 0 Å². The number of rotatable bonds is 5. The molecule has 0 fully saturated rings. The number of fused-ring (bicyclic) bond motifs is 2. The summed E-state index contributed by atoms with van der Waals surface area (Å²) in [6, 6.07) is 14.7. The van der Waals surface area contributed by atoms with Crippen LogP contribution in [0.25, 0.3) is 21.8 Å². The van der Waals surface area contributed by atoms with Crippen LogP contribution >= 0.6 is 11.6 Å². The lowest BCUT2D eigenvalue weighted by Gasteiger charge is -2.24. The molecule has 1 aliphatic rings. The molecule has 3 aromatic rings. The zero-order chi connectivity index (χ0) is 15.8. The van der Waals surface area contributed by atoms with Gasteiger partial charge in [0.25, 0.3) is 0 Å². The first kappa shape index (κ1) is 14.8. The molecule has 0 spiro atoms. The summed E-state index contributed by atoms with van der Waals surface area (Å²) in [5.74, 6) is 0. The highest BCUT2D eigenvalue weighted by molar-refractivity contribution is 6.27. The fourth-order valence-corrected chi connectivity index (χ4v) is 4.10. The van der Waals surface area contributed by atoms with Crippen LogP contribution in [0.3, 0.4) is 0 Å². The number of alkyl halides is 1. The first-order valence-electron chi connectivity index (χ1n) is 8.53. The lowest BCUT2D eigenvalue weighted by molar-refractivity contribution is 0.643. The molecule has 23 heavy (non-hydrogen) atoms. The van der Waals surface area contributed by atoms with Crippen molar-refractivity contribution in [2.75, 3.05) is 11.4 Å². The van der Waals surface area contributed by atoms with Crippen LogP contribution in [0, 0.1) is 0 Å². The lowest BCUT2D eigenvalue weighted by atomic mass is 10.0. The number of anilines is 1. The summed E-state index contributed by atoms with van der Waals surface area (Å²) in [7, 11) is 0. The second-order valence-electron chi connectivity index (χ2n) is 6.30. The van der Waals surface area contributed by atoms with Gasteiger partial charge in [-0.25, -0.2) is 4.98 Å². The van der Waals surface area contributed by atoms with Crippen LogP contribution in [0.4, 0.5) is 5.69 Å². The smallest absolute Gasteiger partial charge is 0.131 e. The molecule has 0 saturated carbocycles. The summed E-state index contributed by atoms with van der Waals surface area (Å²) in [4.78, 5) is 7.18. The van der Waals surface area contributed by atoms with E-state index in [4.69, 9.17) is 16.6 Å². The van der Waals surface area contributed by atoms with Crippen LogP contribution in [0.2, 0.25) is 0 Å². The van der Waals surface area contributed by atoms with Gasteiger partial charge in [-0.05, 0) is 24.6 Å². The summed E-state index contributed by atoms with van der Waals surface area (Å²) < 4.78 is 0. The molecule has 0 amide bonds. The van der Waals surface area contributed by atoms with E-state index < -0.39 is 0 Å². The number of para-hydroxylation sites is 1. The Morgan fingerprint density at radius 2 is 1.83 bits per heavy atom.